The zero-order valence-electron chi connectivity index (χ0n) is 22.1. The van der Waals surface area contributed by atoms with Crippen LogP contribution in [0, 0.1) is 5.82 Å². The van der Waals surface area contributed by atoms with Crippen molar-refractivity contribution in [3.8, 4) is 0 Å². The summed E-state index contributed by atoms with van der Waals surface area (Å²) in [7, 11) is -3.74. The predicted molar refractivity (Wildman–Crippen MR) is 145 cm³/mol. The Balaban J connectivity index is 1.65. The lowest BCUT2D eigenvalue weighted by atomic mass is 9.94. The lowest BCUT2D eigenvalue weighted by Crippen LogP contribution is -2.56. The molecule has 2 aliphatic rings. The van der Waals surface area contributed by atoms with Crippen molar-refractivity contribution in [1.29, 1.82) is 0 Å². The molecular formula is C27H32ClFN4O5S. The monoisotopic (exact) mass is 578 g/mol. The Kier molecular flexibility index (Phi) is 8.95. The van der Waals surface area contributed by atoms with Gasteiger partial charge in [-0.05, 0) is 62.7 Å². The highest BCUT2D eigenvalue weighted by molar-refractivity contribution is 7.89. The summed E-state index contributed by atoms with van der Waals surface area (Å²) in [5.41, 5.74) is 1.11. The predicted octanol–water partition coefficient (Wildman–Crippen LogP) is 3.78. The van der Waals surface area contributed by atoms with E-state index in [2.05, 4.69) is 5.32 Å². The van der Waals surface area contributed by atoms with Gasteiger partial charge in [0.2, 0.25) is 10.0 Å². The number of piperazine rings is 1. The van der Waals surface area contributed by atoms with Crippen LogP contribution in [0.15, 0.2) is 64.7 Å². The molecule has 4 rings (SSSR count). The Hall–Kier alpha value is -2.99. The number of halogens is 2. The van der Waals surface area contributed by atoms with Crippen molar-refractivity contribution in [3.63, 3.8) is 0 Å². The van der Waals surface area contributed by atoms with Gasteiger partial charge in [-0.15, -0.1) is 0 Å². The SMILES string of the molecule is CCOC(=O)C1=C(CN2CCN(S(=O)(=O)c3ccc(Cl)cc3)[C@H](C)C2)N(CC)C(=O)N[C@@H]1c1cccc(F)c1. The minimum Gasteiger partial charge on any atom is -0.463 e. The molecule has 2 aliphatic heterocycles. The van der Waals surface area contributed by atoms with Crippen LogP contribution in [-0.4, -0.2) is 79.9 Å². The Morgan fingerprint density at radius 1 is 1.15 bits per heavy atom. The minimum atomic E-state index is -3.74. The summed E-state index contributed by atoms with van der Waals surface area (Å²) >= 11 is 5.93. The molecule has 2 atom stereocenters. The van der Waals surface area contributed by atoms with Gasteiger partial charge < -0.3 is 10.1 Å². The molecule has 0 bridgehead atoms. The number of hydrogen-bond acceptors (Lipinski definition) is 6. The maximum atomic E-state index is 14.1. The van der Waals surface area contributed by atoms with Crippen molar-refractivity contribution in [2.45, 2.75) is 37.8 Å². The first-order chi connectivity index (χ1) is 18.6. The van der Waals surface area contributed by atoms with Gasteiger partial charge in [-0.25, -0.2) is 22.4 Å². The number of benzene rings is 2. The Morgan fingerprint density at radius 3 is 2.49 bits per heavy atom. The van der Waals surface area contributed by atoms with E-state index in [4.69, 9.17) is 16.3 Å². The molecule has 2 amide bonds. The number of carbonyl (C=O) groups is 2. The summed E-state index contributed by atoms with van der Waals surface area (Å²) in [4.78, 5) is 30.0. The number of carbonyl (C=O) groups excluding carboxylic acids is 2. The highest BCUT2D eigenvalue weighted by atomic mass is 35.5. The van der Waals surface area contributed by atoms with Crippen molar-refractivity contribution < 1.29 is 27.1 Å². The van der Waals surface area contributed by atoms with Crippen molar-refractivity contribution >= 4 is 33.6 Å². The van der Waals surface area contributed by atoms with Crippen LogP contribution < -0.4 is 5.32 Å². The topological polar surface area (TPSA) is 99.3 Å². The number of amides is 2. The summed E-state index contributed by atoms with van der Waals surface area (Å²) in [5.74, 6) is -1.09. The van der Waals surface area contributed by atoms with E-state index in [1.807, 2.05) is 11.8 Å². The van der Waals surface area contributed by atoms with E-state index in [9.17, 15) is 22.4 Å². The molecule has 9 nitrogen and oxygen atoms in total. The zero-order valence-corrected chi connectivity index (χ0v) is 23.6. The van der Waals surface area contributed by atoms with Crippen LogP contribution in [0.5, 0.6) is 0 Å². The zero-order chi connectivity index (χ0) is 28.3. The second kappa shape index (κ2) is 12.0. The van der Waals surface area contributed by atoms with Gasteiger partial charge in [-0.1, -0.05) is 23.7 Å². The summed E-state index contributed by atoms with van der Waals surface area (Å²) in [6.07, 6.45) is 0. The normalized spacial score (nSPS) is 21.2. The number of nitrogens with zero attached hydrogens (tertiary/aromatic N) is 3. The van der Waals surface area contributed by atoms with Crippen molar-refractivity contribution in [2.24, 2.45) is 0 Å². The lowest BCUT2D eigenvalue weighted by molar-refractivity contribution is -0.139. The molecule has 12 heteroatoms. The number of hydrogen-bond donors (Lipinski definition) is 1. The van der Waals surface area contributed by atoms with E-state index in [1.54, 1.807) is 32.0 Å². The van der Waals surface area contributed by atoms with Crippen molar-refractivity contribution in [3.05, 3.63) is 76.2 Å². The molecular weight excluding hydrogens is 547 g/mol. The molecule has 1 saturated heterocycles. The fourth-order valence-electron chi connectivity index (χ4n) is 5.06. The van der Waals surface area contributed by atoms with Gasteiger partial charge in [-0.2, -0.15) is 4.31 Å². The molecule has 0 aromatic heterocycles. The number of nitrogens with one attached hydrogen (secondary N) is 1. The van der Waals surface area contributed by atoms with Crippen LogP contribution in [0.2, 0.25) is 5.02 Å². The molecule has 0 aliphatic carbocycles. The molecule has 0 radical (unpaired) electrons. The first-order valence-corrected chi connectivity index (χ1v) is 14.6. The van der Waals surface area contributed by atoms with Crippen LogP contribution >= 0.6 is 11.6 Å². The third kappa shape index (κ3) is 6.11. The first-order valence-electron chi connectivity index (χ1n) is 12.8. The number of sulfonamides is 1. The number of rotatable bonds is 8. The van der Waals surface area contributed by atoms with Crippen molar-refractivity contribution in [1.82, 2.24) is 19.4 Å². The van der Waals surface area contributed by atoms with Gasteiger partial charge in [0.15, 0.2) is 0 Å². The average molecular weight is 579 g/mol. The molecule has 210 valence electrons. The largest absolute Gasteiger partial charge is 0.463 e. The van der Waals surface area contributed by atoms with Crippen LogP contribution in [0.4, 0.5) is 9.18 Å². The van der Waals surface area contributed by atoms with E-state index in [-0.39, 0.29) is 36.2 Å². The fraction of sp³-hybridized carbons (Fsp3) is 0.407. The Labute approximate surface area is 233 Å². The van der Waals surface area contributed by atoms with Crippen LogP contribution in [0.25, 0.3) is 0 Å². The third-order valence-electron chi connectivity index (χ3n) is 6.88. The number of ether oxygens (including phenoxy) is 1. The van der Waals surface area contributed by atoms with Gasteiger partial charge in [0, 0.05) is 49.5 Å². The van der Waals surface area contributed by atoms with Gasteiger partial charge >= 0.3 is 12.0 Å². The fourth-order valence-corrected chi connectivity index (χ4v) is 6.80. The van der Waals surface area contributed by atoms with E-state index in [0.29, 0.717) is 35.9 Å². The summed E-state index contributed by atoms with van der Waals surface area (Å²) in [6.45, 7) is 6.91. The second-order valence-electron chi connectivity index (χ2n) is 9.42. The van der Waals surface area contributed by atoms with Gasteiger partial charge in [0.25, 0.3) is 0 Å². The van der Waals surface area contributed by atoms with Crippen LogP contribution in [-0.2, 0) is 19.6 Å². The number of urea groups is 1. The number of esters is 1. The minimum absolute atomic E-state index is 0.129. The van der Waals surface area contributed by atoms with E-state index in [1.165, 1.54) is 39.5 Å². The van der Waals surface area contributed by atoms with Crippen molar-refractivity contribution in [2.75, 3.05) is 39.3 Å². The third-order valence-corrected chi connectivity index (χ3v) is 9.16. The quantitative estimate of drug-likeness (QED) is 0.479. The second-order valence-corrected chi connectivity index (χ2v) is 11.7. The van der Waals surface area contributed by atoms with Crippen LogP contribution in [0.1, 0.15) is 32.4 Å². The van der Waals surface area contributed by atoms with Gasteiger partial charge in [0.1, 0.15) is 5.82 Å². The first kappa shape index (κ1) is 29.0. The van der Waals surface area contributed by atoms with E-state index in [0.717, 1.165) is 0 Å². The van der Waals surface area contributed by atoms with Gasteiger partial charge in [-0.3, -0.25) is 9.80 Å². The van der Waals surface area contributed by atoms with E-state index < -0.39 is 33.9 Å². The molecule has 2 aromatic carbocycles. The Bertz CT molecular complexity index is 1370. The average Bonchev–Trinajstić information content (AvgIpc) is 2.89. The summed E-state index contributed by atoms with van der Waals surface area (Å²) < 4.78 is 47.5. The van der Waals surface area contributed by atoms with Crippen LogP contribution in [0.3, 0.4) is 0 Å². The molecule has 0 saturated carbocycles. The Morgan fingerprint density at radius 2 is 1.87 bits per heavy atom. The molecule has 1 N–H and O–H groups in total. The maximum absolute atomic E-state index is 14.1. The molecule has 1 fully saturated rings. The number of likely N-dealkylation sites (N-methyl/N-ethyl adjacent to an activating group) is 1. The molecule has 39 heavy (non-hydrogen) atoms. The molecule has 0 spiro atoms. The smallest absolute Gasteiger partial charge is 0.338 e. The highest BCUT2D eigenvalue weighted by Gasteiger charge is 2.40. The lowest BCUT2D eigenvalue weighted by Gasteiger charge is -2.42. The molecule has 2 aromatic rings. The molecule has 0 unspecified atom stereocenters. The van der Waals surface area contributed by atoms with E-state index >= 15 is 0 Å². The maximum Gasteiger partial charge on any atom is 0.338 e. The summed E-state index contributed by atoms with van der Waals surface area (Å²) in [6, 6.07) is 10.1. The standard InChI is InChI=1S/C27H32ClFN4O5S/c1-4-32-23(24(26(34)38-5-2)25(30-27(32)35)19-7-6-8-21(29)15-19)17-31-13-14-33(18(3)16-31)39(36,37)22-11-9-20(28)10-12-22/h6-12,15,18,25H,4-5,13-14,16-17H2,1-3H3,(H,30,35)/t18-,25-/m1/s1. The summed E-state index contributed by atoms with van der Waals surface area (Å²) in [5, 5.41) is 3.27. The van der Waals surface area contributed by atoms with Gasteiger partial charge in [0.05, 0.1) is 23.1 Å². The highest BCUT2D eigenvalue weighted by Crippen LogP contribution is 2.33. The molecule has 2 heterocycles.